The van der Waals surface area contributed by atoms with Crippen molar-refractivity contribution in [3.63, 3.8) is 0 Å². The number of rotatable bonds is 2. The van der Waals surface area contributed by atoms with E-state index in [0.29, 0.717) is 0 Å². The second kappa shape index (κ2) is 7.75. The summed E-state index contributed by atoms with van der Waals surface area (Å²) in [5, 5.41) is 8.20. The number of hydrogen-bond acceptors (Lipinski definition) is 3. The molecule has 0 fully saturated rings. The summed E-state index contributed by atoms with van der Waals surface area (Å²) >= 11 is 0. The first-order valence-corrected chi connectivity index (χ1v) is 5.30. The van der Waals surface area contributed by atoms with Crippen molar-refractivity contribution in [2.75, 3.05) is 0 Å². The smallest absolute Gasteiger partial charge is 1.00 e. The Morgan fingerprint density at radius 1 is 0.917 bits per heavy atom. The van der Waals surface area contributed by atoms with Crippen molar-refractivity contribution in [3.8, 4) is 0 Å². The second-order valence-electron chi connectivity index (χ2n) is 1.52. The summed E-state index contributed by atoms with van der Waals surface area (Å²) < 4.78 is 19.9. The van der Waals surface area contributed by atoms with Crippen LogP contribution in [0.15, 0.2) is 0 Å². The number of aliphatic hydroxyl groups is 1. The van der Waals surface area contributed by atoms with Crippen LogP contribution in [0.25, 0.3) is 0 Å². The van der Waals surface area contributed by atoms with Gasteiger partial charge < -0.3 is 27.5 Å². The quantitative estimate of drug-likeness (QED) is 0.249. The van der Waals surface area contributed by atoms with Gasteiger partial charge in [0.1, 0.15) is 0 Å². The van der Waals surface area contributed by atoms with Gasteiger partial charge in [0.25, 0.3) is 5.59 Å². The first kappa shape index (κ1) is 20.9. The fraction of sp³-hybridized carbons (Fsp3) is 1.00. The van der Waals surface area contributed by atoms with Crippen LogP contribution in [-0.2, 0) is 9.13 Å². The van der Waals surface area contributed by atoms with E-state index >= 15 is 0 Å². The van der Waals surface area contributed by atoms with E-state index in [2.05, 4.69) is 0 Å². The zero-order valence-electron chi connectivity index (χ0n) is 8.52. The van der Waals surface area contributed by atoms with Crippen LogP contribution in [0.1, 0.15) is 2.85 Å². The molecule has 0 aliphatic heterocycles. The molecule has 0 amide bonds. The van der Waals surface area contributed by atoms with Gasteiger partial charge in [-0.1, -0.05) is 0 Å². The van der Waals surface area contributed by atoms with E-state index in [0.717, 1.165) is 0 Å². The average molecular weight is 272 g/mol. The Balaban J connectivity index is -0.0000000675. The Labute approximate surface area is 156 Å². The maximum atomic E-state index is 9.93. The molecule has 11 heteroatoms. The molecule has 0 unspecified atom stereocenters. The second-order valence-corrected chi connectivity index (χ2v) is 5.27. The third kappa shape index (κ3) is 8.81. The molecule has 12 heavy (non-hydrogen) atoms. The predicted molar refractivity (Wildman–Crippen MR) is 32.3 cm³/mol. The molecule has 0 rings (SSSR count). The summed E-state index contributed by atoms with van der Waals surface area (Å²) in [4.78, 5) is 32.0. The summed E-state index contributed by atoms with van der Waals surface area (Å²) in [5.41, 5.74) is -2.90. The normalized spacial score (nSPS) is 11.8. The SMILES string of the molecule is O=P(O)(O)C(O)P(=O)(O)O.[H-].[H-].[K+].[K+]. The molecule has 0 saturated heterocycles. The maximum absolute atomic E-state index is 9.93. The molecule has 7 nitrogen and oxygen atoms in total. The van der Waals surface area contributed by atoms with Crippen molar-refractivity contribution in [1.29, 1.82) is 0 Å². The minimum atomic E-state index is -5.09. The van der Waals surface area contributed by atoms with Gasteiger partial charge in [-0.05, 0) is 0 Å². The Morgan fingerprint density at radius 3 is 1.08 bits per heavy atom. The van der Waals surface area contributed by atoms with Crippen molar-refractivity contribution in [2.45, 2.75) is 5.59 Å². The summed E-state index contributed by atoms with van der Waals surface area (Å²) in [6.07, 6.45) is 0. The molecule has 0 saturated carbocycles. The molecule has 0 atom stereocenters. The van der Waals surface area contributed by atoms with Crippen LogP contribution in [0.2, 0.25) is 0 Å². The largest absolute Gasteiger partial charge is 1.00 e. The van der Waals surface area contributed by atoms with Crippen LogP contribution in [-0.4, -0.2) is 30.3 Å². The van der Waals surface area contributed by atoms with Crippen molar-refractivity contribution in [3.05, 3.63) is 0 Å². The standard InChI is InChI=1S/CH6O7P2.2K.2H/c2-1(9(3,4)5)10(6,7)8;;;;/h1-2H,(H2,3,4,5)(H2,6,7,8);;;;/q;2*+1;2*-1. The average Bonchev–Trinajstić information content (AvgIpc) is 1.59. The van der Waals surface area contributed by atoms with E-state index in [-0.39, 0.29) is 106 Å². The van der Waals surface area contributed by atoms with Crippen LogP contribution in [0, 0.1) is 0 Å². The molecule has 0 radical (unpaired) electrons. The Bertz CT molecular complexity index is 190. The van der Waals surface area contributed by atoms with Crippen LogP contribution < -0.4 is 103 Å². The molecule has 5 N–H and O–H groups in total. The molecule has 0 heterocycles. The molecule has 0 aromatic heterocycles. The molecular formula is CH8K2O7P2. The van der Waals surface area contributed by atoms with Crippen LogP contribution in [0.5, 0.6) is 0 Å². The first-order valence-electron chi connectivity index (χ1n) is 1.94. The molecular weight excluding hydrogens is 264 g/mol. The number of aliphatic hydroxyl groups excluding tert-OH is 1. The van der Waals surface area contributed by atoms with Crippen molar-refractivity contribution < 1.29 is 139 Å². The predicted octanol–water partition coefficient (Wildman–Crippen LogP) is -7.15. The van der Waals surface area contributed by atoms with Gasteiger partial charge in [-0.2, -0.15) is 0 Å². The third-order valence-corrected chi connectivity index (χ3v) is 3.61. The molecule has 0 aliphatic rings. The minimum absolute atomic E-state index is 0. The fourth-order valence-electron chi connectivity index (χ4n) is 0.196. The summed E-state index contributed by atoms with van der Waals surface area (Å²) in [6.45, 7) is 0. The molecule has 0 spiro atoms. The Morgan fingerprint density at radius 2 is 1.08 bits per heavy atom. The number of hydrogen-bond donors (Lipinski definition) is 5. The van der Waals surface area contributed by atoms with Crippen molar-refractivity contribution >= 4 is 15.2 Å². The zero-order chi connectivity index (χ0) is 8.58. The summed E-state index contributed by atoms with van der Waals surface area (Å²) in [7, 11) is -10.2. The zero-order valence-corrected chi connectivity index (χ0v) is 14.6. The minimum Gasteiger partial charge on any atom is -1.00 e. The van der Waals surface area contributed by atoms with Gasteiger partial charge in [0.2, 0.25) is 0 Å². The van der Waals surface area contributed by atoms with Gasteiger partial charge >= 0.3 is 118 Å². The van der Waals surface area contributed by atoms with E-state index in [1.165, 1.54) is 0 Å². The Kier molecular flexibility index (Phi) is 13.5. The topological polar surface area (TPSA) is 135 Å². The van der Waals surface area contributed by atoms with E-state index in [9.17, 15) is 9.13 Å². The van der Waals surface area contributed by atoms with E-state index in [1.54, 1.807) is 0 Å². The molecule has 0 aromatic rings. The summed E-state index contributed by atoms with van der Waals surface area (Å²) in [6, 6.07) is 0. The Hall–Kier alpha value is 3.53. The van der Waals surface area contributed by atoms with E-state index in [4.69, 9.17) is 24.7 Å². The van der Waals surface area contributed by atoms with Gasteiger partial charge in [0.05, 0.1) is 0 Å². The third-order valence-electron chi connectivity index (χ3n) is 0.602. The molecule has 0 bridgehead atoms. The fourth-order valence-corrected chi connectivity index (χ4v) is 1.76. The molecule has 66 valence electrons. The van der Waals surface area contributed by atoms with Crippen LogP contribution in [0.3, 0.4) is 0 Å². The van der Waals surface area contributed by atoms with Gasteiger partial charge in [0, 0.05) is 0 Å². The summed E-state index contributed by atoms with van der Waals surface area (Å²) in [5.74, 6) is 0. The van der Waals surface area contributed by atoms with Gasteiger partial charge in [-0.3, -0.25) is 9.13 Å². The van der Waals surface area contributed by atoms with Crippen molar-refractivity contribution in [1.82, 2.24) is 0 Å². The van der Waals surface area contributed by atoms with E-state index < -0.39 is 20.8 Å². The van der Waals surface area contributed by atoms with Gasteiger partial charge in [-0.15, -0.1) is 0 Å². The van der Waals surface area contributed by atoms with Gasteiger partial charge in [0.15, 0.2) is 0 Å². The van der Waals surface area contributed by atoms with Crippen molar-refractivity contribution in [2.24, 2.45) is 0 Å². The molecule has 0 aliphatic carbocycles. The maximum Gasteiger partial charge on any atom is 1.00 e. The first-order chi connectivity index (χ1) is 4.15. The van der Waals surface area contributed by atoms with Gasteiger partial charge in [-0.25, -0.2) is 0 Å². The monoisotopic (exact) mass is 272 g/mol. The van der Waals surface area contributed by atoms with Crippen LogP contribution >= 0.6 is 15.2 Å². The molecule has 0 aromatic carbocycles. The van der Waals surface area contributed by atoms with E-state index in [1.807, 2.05) is 0 Å². The van der Waals surface area contributed by atoms with Crippen LogP contribution in [0.4, 0.5) is 0 Å².